The van der Waals surface area contributed by atoms with Gasteiger partial charge in [0.1, 0.15) is 0 Å². The first kappa shape index (κ1) is 21.7. The third-order valence-electron chi connectivity index (χ3n) is 8.69. The Morgan fingerprint density at radius 1 is 0.750 bits per heavy atom. The summed E-state index contributed by atoms with van der Waals surface area (Å²) in [5, 5.41) is 6.49. The number of nitrogens with one attached hydrogen (secondary N) is 1. The number of anilines is 2. The quantitative estimate of drug-likeness (QED) is 0.286. The third-order valence-corrected chi connectivity index (χ3v) is 8.69. The number of fused-ring (bicyclic) bond motifs is 7. The van der Waals surface area contributed by atoms with Crippen LogP contribution in [0.15, 0.2) is 116 Å². The maximum absolute atomic E-state index is 4.68. The molecular formula is C35H23BN4. The van der Waals surface area contributed by atoms with E-state index in [1.807, 2.05) is 6.20 Å². The van der Waals surface area contributed by atoms with Gasteiger partial charge in [-0.05, 0) is 52.6 Å². The summed E-state index contributed by atoms with van der Waals surface area (Å²) in [5.41, 5.74) is 15.6. The summed E-state index contributed by atoms with van der Waals surface area (Å²) in [4.78, 5) is 9.06. The lowest BCUT2D eigenvalue weighted by atomic mass is 9.34. The minimum Gasteiger partial charge on any atom is -0.356 e. The van der Waals surface area contributed by atoms with Crippen LogP contribution in [0.1, 0.15) is 5.56 Å². The molecule has 7 aromatic rings. The Morgan fingerprint density at radius 3 is 2.45 bits per heavy atom. The van der Waals surface area contributed by atoms with Crippen LogP contribution >= 0.6 is 0 Å². The zero-order valence-electron chi connectivity index (χ0n) is 21.9. The summed E-state index contributed by atoms with van der Waals surface area (Å²) in [6.45, 7) is 2.30. The number of nitrogens with zero attached hydrogens (tertiary/aromatic N) is 3. The van der Waals surface area contributed by atoms with E-state index in [1.54, 1.807) is 12.4 Å². The molecule has 4 heterocycles. The number of hydrogen-bond donors (Lipinski definition) is 1. The predicted octanol–water partition coefficient (Wildman–Crippen LogP) is 6.10. The van der Waals surface area contributed by atoms with Crippen molar-refractivity contribution in [2.75, 3.05) is 5.32 Å². The summed E-state index contributed by atoms with van der Waals surface area (Å²) in [7, 11) is 0. The monoisotopic (exact) mass is 510 g/mol. The van der Waals surface area contributed by atoms with Gasteiger partial charge >= 0.3 is 0 Å². The Bertz CT molecular complexity index is 2160. The van der Waals surface area contributed by atoms with Gasteiger partial charge in [-0.15, -0.1) is 0 Å². The van der Waals surface area contributed by atoms with E-state index in [0.717, 1.165) is 16.9 Å². The van der Waals surface area contributed by atoms with E-state index < -0.39 is 0 Å². The van der Waals surface area contributed by atoms with Crippen LogP contribution in [0.4, 0.5) is 11.4 Å². The van der Waals surface area contributed by atoms with E-state index in [1.165, 1.54) is 66.3 Å². The molecule has 0 atom stereocenters. The maximum Gasteiger partial charge on any atom is 0.252 e. The van der Waals surface area contributed by atoms with Crippen molar-refractivity contribution in [3.05, 3.63) is 121 Å². The Hall–Kier alpha value is -5.16. The molecule has 2 aromatic heterocycles. The Labute approximate surface area is 232 Å². The molecule has 0 bridgehead atoms. The van der Waals surface area contributed by atoms with Crippen LogP contribution in [0.5, 0.6) is 0 Å². The number of benzene rings is 5. The number of aryl methyl sites for hydroxylation is 1. The molecule has 0 aliphatic carbocycles. The minimum absolute atomic E-state index is 0.113. The van der Waals surface area contributed by atoms with Crippen molar-refractivity contribution in [1.82, 2.24) is 14.5 Å². The highest BCUT2D eigenvalue weighted by Crippen LogP contribution is 2.40. The van der Waals surface area contributed by atoms with Gasteiger partial charge in [-0.3, -0.25) is 9.97 Å². The molecule has 2 aliphatic heterocycles. The lowest BCUT2D eigenvalue weighted by molar-refractivity contribution is 1.18. The molecule has 40 heavy (non-hydrogen) atoms. The zero-order valence-corrected chi connectivity index (χ0v) is 21.9. The van der Waals surface area contributed by atoms with Gasteiger partial charge < -0.3 is 9.88 Å². The molecule has 0 fully saturated rings. The van der Waals surface area contributed by atoms with Crippen molar-refractivity contribution in [1.29, 1.82) is 0 Å². The average Bonchev–Trinajstić information content (AvgIpc) is 3.35. The van der Waals surface area contributed by atoms with Gasteiger partial charge in [0.2, 0.25) is 0 Å². The summed E-state index contributed by atoms with van der Waals surface area (Å²) in [5.74, 6) is 0. The van der Waals surface area contributed by atoms with E-state index in [9.17, 15) is 0 Å². The summed E-state index contributed by atoms with van der Waals surface area (Å²) in [6.07, 6.45) is 5.34. The van der Waals surface area contributed by atoms with Crippen molar-refractivity contribution in [3.63, 3.8) is 0 Å². The summed E-state index contributed by atoms with van der Waals surface area (Å²) < 4.78 is 2.47. The van der Waals surface area contributed by atoms with E-state index in [-0.39, 0.29) is 6.71 Å². The number of rotatable bonds is 2. The van der Waals surface area contributed by atoms with Crippen LogP contribution in [-0.4, -0.2) is 21.2 Å². The predicted molar refractivity (Wildman–Crippen MR) is 166 cm³/mol. The van der Waals surface area contributed by atoms with Crippen LogP contribution in [0, 0.1) is 6.92 Å². The smallest absolute Gasteiger partial charge is 0.252 e. The second-order valence-electron chi connectivity index (χ2n) is 10.8. The fourth-order valence-electron chi connectivity index (χ4n) is 7.02. The van der Waals surface area contributed by atoms with Crippen molar-refractivity contribution in [2.45, 2.75) is 6.92 Å². The molecule has 5 heteroatoms. The molecule has 2 aliphatic rings. The van der Waals surface area contributed by atoms with Crippen molar-refractivity contribution >= 4 is 56.3 Å². The number of aromatic nitrogens is 3. The van der Waals surface area contributed by atoms with Crippen molar-refractivity contribution in [2.24, 2.45) is 0 Å². The van der Waals surface area contributed by atoms with Crippen LogP contribution in [0.3, 0.4) is 0 Å². The highest BCUT2D eigenvalue weighted by molar-refractivity contribution is 7.00. The molecule has 0 unspecified atom stereocenters. The van der Waals surface area contributed by atoms with Gasteiger partial charge in [0.15, 0.2) is 0 Å². The average molecular weight is 510 g/mol. The van der Waals surface area contributed by atoms with Crippen LogP contribution in [0.25, 0.3) is 49.9 Å². The second-order valence-corrected chi connectivity index (χ2v) is 10.8. The van der Waals surface area contributed by atoms with Crippen molar-refractivity contribution < 1.29 is 0 Å². The van der Waals surface area contributed by atoms with E-state index in [0.29, 0.717) is 0 Å². The standard InChI is InChI=1S/C35H23BN4/c1-21-8-2-3-9-23(21)25-11-6-13-27-34(25)39-29-18-22(30-20-37-16-17-38-30)19-32-33(29)36(27)28-14-7-12-26-24-10-4-5-15-31(24)40(32)35(26)28/h2-20,39H,1H3. The first-order valence-electron chi connectivity index (χ1n) is 13.7. The molecule has 9 rings (SSSR count). The van der Waals surface area contributed by atoms with E-state index in [4.69, 9.17) is 0 Å². The van der Waals surface area contributed by atoms with Crippen LogP contribution in [0.2, 0.25) is 0 Å². The molecular weight excluding hydrogens is 487 g/mol. The van der Waals surface area contributed by atoms with Gasteiger partial charge in [-0.1, -0.05) is 78.9 Å². The van der Waals surface area contributed by atoms with E-state index in [2.05, 4.69) is 124 Å². The van der Waals surface area contributed by atoms with Gasteiger partial charge in [0.25, 0.3) is 6.71 Å². The number of hydrogen-bond acceptors (Lipinski definition) is 3. The van der Waals surface area contributed by atoms with Gasteiger partial charge in [-0.2, -0.15) is 0 Å². The third kappa shape index (κ3) is 2.81. The first-order valence-corrected chi connectivity index (χ1v) is 13.7. The van der Waals surface area contributed by atoms with Gasteiger partial charge in [0, 0.05) is 56.9 Å². The lowest BCUT2D eigenvalue weighted by Gasteiger charge is -2.35. The first-order chi connectivity index (χ1) is 19.8. The highest BCUT2D eigenvalue weighted by Gasteiger charge is 2.40. The lowest BCUT2D eigenvalue weighted by Crippen LogP contribution is -2.59. The normalized spacial score (nSPS) is 12.8. The molecule has 5 aromatic carbocycles. The molecule has 0 amide bonds. The van der Waals surface area contributed by atoms with Crippen LogP contribution in [-0.2, 0) is 0 Å². The second kappa shape index (κ2) is 7.93. The Morgan fingerprint density at radius 2 is 1.55 bits per heavy atom. The summed E-state index contributed by atoms with van der Waals surface area (Å²) >= 11 is 0. The Kier molecular flexibility index (Phi) is 4.31. The molecule has 0 saturated heterocycles. The van der Waals surface area contributed by atoms with Crippen molar-refractivity contribution in [3.8, 4) is 28.1 Å². The molecule has 0 saturated carbocycles. The SMILES string of the molecule is Cc1ccccc1-c1cccc2c1Nc1cc(-c3cnccn3)cc3c1B2c1cccc2c4ccccc4n-3c12. The molecule has 186 valence electrons. The fraction of sp³-hybridized carbons (Fsp3) is 0.0286. The van der Waals surface area contributed by atoms with Gasteiger partial charge in [-0.25, -0.2) is 0 Å². The van der Waals surface area contributed by atoms with Crippen LogP contribution < -0.4 is 21.7 Å². The largest absolute Gasteiger partial charge is 0.356 e. The maximum atomic E-state index is 4.68. The molecule has 0 radical (unpaired) electrons. The molecule has 1 N–H and O–H groups in total. The number of para-hydroxylation sites is 3. The van der Waals surface area contributed by atoms with E-state index >= 15 is 0 Å². The fourth-order valence-corrected chi connectivity index (χ4v) is 7.02. The molecule has 0 spiro atoms. The Balaban J connectivity index is 1.44. The topological polar surface area (TPSA) is 42.7 Å². The minimum atomic E-state index is 0.113. The summed E-state index contributed by atoms with van der Waals surface area (Å²) in [6, 6.07) is 35.5. The highest BCUT2D eigenvalue weighted by atomic mass is 15.0. The van der Waals surface area contributed by atoms with Gasteiger partial charge in [0.05, 0.1) is 17.4 Å². The molecule has 4 nitrogen and oxygen atoms in total. The zero-order chi connectivity index (χ0) is 26.4.